The monoisotopic (exact) mass is 412 g/mol. The Morgan fingerprint density at radius 2 is 1.94 bits per heavy atom. The zero-order chi connectivity index (χ0) is 21.3. The summed E-state index contributed by atoms with van der Waals surface area (Å²) in [6.45, 7) is 2.57. The van der Waals surface area contributed by atoms with Crippen LogP contribution in [-0.2, 0) is 18.4 Å². The molecule has 1 aliphatic carbocycles. The average Bonchev–Trinajstić information content (AvgIpc) is 3.42. The van der Waals surface area contributed by atoms with E-state index in [2.05, 4.69) is 33.8 Å². The smallest absolute Gasteiger partial charge is 0.245 e. The van der Waals surface area contributed by atoms with Gasteiger partial charge in [-0.15, -0.1) is 0 Å². The lowest BCUT2D eigenvalue weighted by Crippen LogP contribution is -2.39. The first-order valence-electron chi connectivity index (χ1n) is 10.7. The van der Waals surface area contributed by atoms with E-state index in [4.69, 9.17) is 9.97 Å². The number of carbonyl (C=O) groups excluding carboxylic acids is 1. The molecule has 31 heavy (non-hydrogen) atoms. The van der Waals surface area contributed by atoms with Crippen LogP contribution in [0.5, 0.6) is 0 Å². The van der Waals surface area contributed by atoms with E-state index in [0.717, 1.165) is 57.8 Å². The van der Waals surface area contributed by atoms with Crippen molar-refractivity contribution in [1.29, 1.82) is 0 Å². The van der Waals surface area contributed by atoms with Crippen LogP contribution in [0.25, 0.3) is 33.4 Å². The highest BCUT2D eigenvalue weighted by atomic mass is 16.2. The van der Waals surface area contributed by atoms with Gasteiger partial charge in [-0.3, -0.25) is 9.78 Å². The second kappa shape index (κ2) is 6.51. The van der Waals surface area contributed by atoms with Crippen molar-refractivity contribution in [3.63, 3.8) is 0 Å². The minimum absolute atomic E-state index is 0.151. The van der Waals surface area contributed by atoms with Gasteiger partial charge in [-0.25, -0.2) is 9.97 Å². The highest BCUT2D eigenvalue weighted by molar-refractivity contribution is 5.97. The van der Waals surface area contributed by atoms with Crippen molar-refractivity contribution in [3.05, 3.63) is 54.5 Å². The molecule has 0 bridgehead atoms. The standard InChI is InChI=1S/C24H24N6O/c1-14-24(31)29(3)12-21-22(27-23(30(14)21)15-7-8-15)17-6-4-5-16-9-19(25-10-18(16)17)20-11-28(2)13-26-20/h4-6,9-11,13-15H,7-8,12H2,1-3H3. The number of rotatable bonds is 3. The quantitative estimate of drug-likeness (QED) is 0.512. The molecule has 0 N–H and O–H groups in total. The molecule has 1 amide bonds. The van der Waals surface area contributed by atoms with E-state index >= 15 is 0 Å². The summed E-state index contributed by atoms with van der Waals surface area (Å²) < 4.78 is 4.12. The Balaban J connectivity index is 1.53. The molecule has 0 spiro atoms. The maximum atomic E-state index is 12.7. The topological polar surface area (TPSA) is 68.8 Å². The molecule has 1 aliphatic heterocycles. The predicted molar refractivity (Wildman–Crippen MR) is 118 cm³/mol. The van der Waals surface area contributed by atoms with E-state index < -0.39 is 0 Å². The Bertz CT molecular complexity index is 1350. The fourth-order valence-corrected chi connectivity index (χ4v) is 4.71. The van der Waals surface area contributed by atoms with E-state index in [1.807, 2.05) is 42.9 Å². The number of imidazole rings is 2. The number of amides is 1. The van der Waals surface area contributed by atoms with Crippen LogP contribution in [0.2, 0.25) is 0 Å². The number of pyridine rings is 1. The third-order valence-corrected chi connectivity index (χ3v) is 6.47. The summed E-state index contributed by atoms with van der Waals surface area (Å²) >= 11 is 0. The summed E-state index contributed by atoms with van der Waals surface area (Å²) in [5, 5.41) is 2.17. The zero-order valence-corrected chi connectivity index (χ0v) is 17.9. The van der Waals surface area contributed by atoms with Gasteiger partial charge in [-0.05, 0) is 31.2 Å². The average molecular weight is 412 g/mol. The van der Waals surface area contributed by atoms with Crippen molar-refractivity contribution in [2.75, 3.05) is 7.05 Å². The van der Waals surface area contributed by atoms with Gasteiger partial charge in [0.1, 0.15) is 17.6 Å². The number of nitrogens with zero attached hydrogens (tertiary/aromatic N) is 6. The maximum absolute atomic E-state index is 12.7. The summed E-state index contributed by atoms with van der Waals surface area (Å²) in [7, 11) is 3.83. The predicted octanol–water partition coefficient (Wildman–Crippen LogP) is 3.91. The lowest BCUT2D eigenvalue weighted by Gasteiger charge is -2.31. The minimum Gasteiger partial charge on any atom is -0.340 e. The third-order valence-electron chi connectivity index (χ3n) is 6.47. The van der Waals surface area contributed by atoms with Crippen molar-refractivity contribution in [2.45, 2.75) is 38.3 Å². The second-order valence-electron chi connectivity index (χ2n) is 8.80. The Kier molecular flexibility index (Phi) is 3.84. The molecule has 2 aliphatic rings. The Morgan fingerprint density at radius 3 is 2.68 bits per heavy atom. The highest BCUT2D eigenvalue weighted by Crippen LogP contribution is 2.45. The molecule has 0 saturated heterocycles. The first-order chi connectivity index (χ1) is 15.0. The molecule has 7 heteroatoms. The number of aryl methyl sites for hydroxylation is 1. The van der Waals surface area contributed by atoms with Gasteiger partial charge in [-0.2, -0.15) is 0 Å². The number of benzene rings is 1. The number of aromatic nitrogens is 5. The lowest BCUT2D eigenvalue weighted by molar-refractivity contribution is -0.135. The first-order valence-corrected chi connectivity index (χ1v) is 10.7. The van der Waals surface area contributed by atoms with Crippen LogP contribution in [0, 0.1) is 0 Å². The molecular weight excluding hydrogens is 388 g/mol. The van der Waals surface area contributed by atoms with Crippen molar-refractivity contribution >= 4 is 16.7 Å². The molecule has 3 aromatic heterocycles. The fourth-order valence-electron chi connectivity index (χ4n) is 4.71. The van der Waals surface area contributed by atoms with Crippen LogP contribution in [-0.4, -0.2) is 41.9 Å². The van der Waals surface area contributed by atoms with E-state index in [1.165, 1.54) is 0 Å². The molecule has 1 atom stereocenters. The molecule has 1 unspecified atom stereocenters. The second-order valence-corrected chi connectivity index (χ2v) is 8.80. The van der Waals surface area contributed by atoms with E-state index in [9.17, 15) is 4.79 Å². The van der Waals surface area contributed by atoms with Gasteiger partial charge in [-0.1, -0.05) is 18.2 Å². The normalized spacial score (nSPS) is 18.6. The van der Waals surface area contributed by atoms with Gasteiger partial charge >= 0.3 is 0 Å². The summed E-state index contributed by atoms with van der Waals surface area (Å²) in [4.78, 5) is 28.7. The Morgan fingerprint density at radius 1 is 1.10 bits per heavy atom. The molecular formula is C24H24N6O. The Hall–Kier alpha value is -3.48. The van der Waals surface area contributed by atoms with Crippen LogP contribution in [0.3, 0.4) is 0 Å². The van der Waals surface area contributed by atoms with Crippen LogP contribution in [0.1, 0.15) is 43.2 Å². The van der Waals surface area contributed by atoms with E-state index in [1.54, 1.807) is 6.33 Å². The van der Waals surface area contributed by atoms with Gasteiger partial charge in [0.15, 0.2) is 0 Å². The number of carbonyl (C=O) groups is 1. The maximum Gasteiger partial charge on any atom is 0.245 e. The van der Waals surface area contributed by atoms with Gasteiger partial charge in [0, 0.05) is 43.4 Å². The number of hydrogen-bond donors (Lipinski definition) is 0. The van der Waals surface area contributed by atoms with Crippen LogP contribution >= 0.6 is 0 Å². The number of fused-ring (bicyclic) bond motifs is 2. The molecule has 1 fully saturated rings. The van der Waals surface area contributed by atoms with Gasteiger partial charge < -0.3 is 14.0 Å². The fraction of sp³-hybridized carbons (Fsp3) is 0.333. The summed E-state index contributed by atoms with van der Waals surface area (Å²) in [6.07, 6.45) is 7.99. The molecule has 6 rings (SSSR count). The van der Waals surface area contributed by atoms with E-state index in [-0.39, 0.29) is 11.9 Å². The molecule has 7 nitrogen and oxygen atoms in total. The largest absolute Gasteiger partial charge is 0.340 e. The van der Waals surface area contributed by atoms with Crippen molar-refractivity contribution in [2.24, 2.45) is 7.05 Å². The minimum atomic E-state index is -0.213. The number of hydrogen-bond acceptors (Lipinski definition) is 4. The molecule has 1 aromatic carbocycles. The number of likely N-dealkylation sites (N-methyl/N-ethyl adjacent to an activating group) is 1. The Labute approximate surface area is 180 Å². The molecule has 4 aromatic rings. The van der Waals surface area contributed by atoms with Gasteiger partial charge in [0.2, 0.25) is 5.91 Å². The SMILES string of the molecule is CC1C(=O)N(C)Cc2c(-c3cccc4cc(-c5cn(C)cn5)ncc34)nc(C3CC3)n21. The van der Waals surface area contributed by atoms with Crippen molar-refractivity contribution in [3.8, 4) is 22.6 Å². The molecule has 156 valence electrons. The summed E-state index contributed by atoms with van der Waals surface area (Å²) in [6, 6.07) is 8.17. The van der Waals surface area contributed by atoms with Crippen LogP contribution in [0.15, 0.2) is 43.0 Å². The summed E-state index contributed by atoms with van der Waals surface area (Å²) in [5.41, 5.74) is 4.89. The molecule has 4 heterocycles. The zero-order valence-electron chi connectivity index (χ0n) is 17.9. The lowest BCUT2D eigenvalue weighted by atomic mass is 10.0. The van der Waals surface area contributed by atoms with Crippen molar-refractivity contribution in [1.82, 2.24) is 29.0 Å². The molecule has 0 radical (unpaired) electrons. The molecule has 1 saturated carbocycles. The highest BCUT2D eigenvalue weighted by Gasteiger charge is 2.38. The van der Waals surface area contributed by atoms with E-state index in [0.29, 0.717) is 12.5 Å². The van der Waals surface area contributed by atoms with Crippen molar-refractivity contribution < 1.29 is 4.79 Å². The van der Waals surface area contributed by atoms with Crippen LogP contribution in [0.4, 0.5) is 0 Å². The van der Waals surface area contributed by atoms with Gasteiger partial charge in [0.25, 0.3) is 0 Å². The van der Waals surface area contributed by atoms with Gasteiger partial charge in [0.05, 0.1) is 30.0 Å². The first kappa shape index (κ1) is 18.3. The van der Waals surface area contributed by atoms with Crippen LogP contribution < -0.4 is 0 Å². The summed E-state index contributed by atoms with van der Waals surface area (Å²) in [5.74, 6) is 1.68. The third kappa shape index (κ3) is 2.80.